The number of primary amides is 1. The topological polar surface area (TPSA) is 120 Å². The molecule has 0 fully saturated rings. The van der Waals surface area contributed by atoms with Crippen LogP contribution in [0.25, 0.3) is 11.4 Å². The zero-order valence-electron chi connectivity index (χ0n) is 9.95. The maximum Gasteiger partial charge on any atom is 0.355 e. The molecule has 2 heterocycles. The van der Waals surface area contributed by atoms with Gasteiger partial charge in [-0.1, -0.05) is 6.58 Å². The van der Waals surface area contributed by atoms with Gasteiger partial charge < -0.3 is 15.6 Å². The molecule has 3 N–H and O–H groups in total. The zero-order chi connectivity index (χ0) is 14.2. The van der Waals surface area contributed by atoms with Crippen LogP contribution in [-0.2, 0) is 4.74 Å². The van der Waals surface area contributed by atoms with Crippen LogP contribution in [0.15, 0.2) is 19.0 Å². The van der Waals surface area contributed by atoms with Gasteiger partial charge in [0.15, 0.2) is 11.3 Å². The third kappa shape index (κ3) is 1.99. The van der Waals surface area contributed by atoms with Crippen molar-refractivity contribution >= 4 is 23.3 Å². The normalized spacial score (nSPS) is 10.4. The van der Waals surface area contributed by atoms with E-state index in [0.717, 1.165) is 0 Å². The summed E-state index contributed by atoms with van der Waals surface area (Å²) < 4.78 is 5.85. The maximum atomic E-state index is 11.7. The van der Waals surface area contributed by atoms with Crippen molar-refractivity contribution in [2.45, 2.75) is 0 Å². The molecule has 1 amide bonds. The summed E-state index contributed by atoms with van der Waals surface area (Å²) in [4.78, 5) is 30.6. The van der Waals surface area contributed by atoms with E-state index >= 15 is 0 Å². The Hall–Kier alpha value is -2.90. The monoisotopic (exact) mass is 262 g/mol. The standard InChI is InChI=1S/C11H10N4O4/c1-5(16)6-3-7(11(18)19-2)15-4-13-8(9(12)17)10(15)14-6/h3-4,16H,1H2,2H3,(H2,12,17). The van der Waals surface area contributed by atoms with Crippen molar-refractivity contribution in [2.24, 2.45) is 5.73 Å². The summed E-state index contributed by atoms with van der Waals surface area (Å²) in [6.07, 6.45) is 1.22. The first kappa shape index (κ1) is 12.6. The van der Waals surface area contributed by atoms with E-state index in [1.807, 2.05) is 0 Å². The Morgan fingerprint density at radius 1 is 1.53 bits per heavy atom. The molecule has 2 rings (SSSR count). The fraction of sp³-hybridized carbons (Fsp3) is 0.0909. The molecule has 8 nitrogen and oxygen atoms in total. The van der Waals surface area contributed by atoms with E-state index in [9.17, 15) is 14.7 Å². The number of aliphatic hydroxyl groups excluding tert-OH is 1. The molecule has 8 heteroatoms. The van der Waals surface area contributed by atoms with E-state index in [1.54, 1.807) is 0 Å². The molecule has 0 saturated carbocycles. The van der Waals surface area contributed by atoms with Gasteiger partial charge in [-0.05, 0) is 6.07 Å². The number of aromatic nitrogens is 3. The Kier molecular flexibility index (Phi) is 2.91. The number of fused-ring (bicyclic) bond motifs is 1. The maximum absolute atomic E-state index is 11.7. The van der Waals surface area contributed by atoms with E-state index in [2.05, 4.69) is 21.3 Å². The Morgan fingerprint density at radius 2 is 2.21 bits per heavy atom. The highest BCUT2D eigenvalue weighted by atomic mass is 16.5. The number of amides is 1. The van der Waals surface area contributed by atoms with Crippen LogP contribution in [0.1, 0.15) is 26.7 Å². The van der Waals surface area contributed by atoms with Gasteiger partial charge in [0.2, 0.25) is 0 Å². The minimum absolute atomic E-state index is 0.0240. The molecule has 0 atom stereocenters. The van der Waals surface area contributed by atoms with Crippen LogP contribution in [-0.4, -0.2) is 38.5 Å². The summed E-state index contributed by atoms with van der Waals surface area (Å²) in [5.41, 5.74) is 5.14. The number of nitrogens with zero attached hydrogens (tertiary/aromatic N) is 3. The second kappa shape index (κ2) is 4.41. The number of ether oxygens (including phenoxy) is 1. The number of esters is 1. The molecule has 2 aromatic rings. The third-order valence-corrected chi connectivity index (χ3v) is 2.43. The highest BCUT2D eigenvalue weighted by Gasteiger charge is 2.19. The lowest BCUT2D eigenvalue weighted by molar-refractivity contribution is 0.0591. The first-order valence-corrected chi connectivity index (χ1v) is 5.10. The molecular weight excluding hydrogens is 252 g/mol. The molecule has 0 bridgehead atoms. The first-order chi connectivity index (χ1) is 8.95. The average molecular weight is 262 g/mol. The highest BCUT2D eigenvalue weighted by molar-refractivity contribution is 5.98. The number of hydrogen-bond donors (Lipinski definition) is 2. The summed E-state index contributed by atoms with van der Waals surface area (Å²) in [5, 5.41) is 9.37. The van der Waals surface area contributed by atoms with Crippen LogP contribution in [0.4, 0.5) is 0 Å². The van der Waals surface area contributed by atoms with Gasteiger partial charge in [-0.15, -0.1) is 0 Å². The van der Waals surface area contributed by atoms with Crippen LogP contribution >= 0.6 is 0 Å². The lowest BCUT2D eigenvalue weighted by Gasteiger charge is -2.06. The molecule has 0 spiro atoms. The summed E-state index contributed by atoms with van der Waals surface area (Å²) in [6, 6.07) is 1.27. The summed E-state index contributed by atoms with van der Waals surface area (Å²) in [5.74, 6) is -1.83. The van der Waals surface area contributed by atoms with E-state index in [0.29, 0.717) is 0 Å². The first-order valence-electron chi connectivity index (χ1n) is 5.10. The van der Waals surface area contributed by atoms with E-state index in [1.165, 1.54) is 23.9 Å². The van der Waals surface area contributed by atoms with E-state index in [4.69, 9.17) is 5.73 Å². The smallest absolute Gasteiger partial charge is 0.355 e. The minimum atomic E-state index is -0.800. The molecular formula is C11H10N4O4. The van der Waals surface area contributed by atoms with Crippen LogP contribution in [0.3, 0.4) is 0 Å². The molecule has 0 aliphatic rings. The molecule has 19 heavy (non-hydrogen) atoms. The summed E-state index contributed by atoms with van der Waals surface area (Å²) in [7, 11) is 1.20. The molecule has 0 saturated heterocycles. The van der Waals surface area contributed by atoms with Crippen molar-refractivity contribution in [1.82, 2.24) is 14.4 Å². The number of nitrogens with two attached hydrogens (primary N) is 1. The summed E-state index contributed by atoms with van der Waals surface area (Å²) >= 11 is 0. The largest absolute Gasteiger partial charge is 0.506 e. The number of rotatable bonds is 3. The molecule has 0 unspecified atom stereocenters. The van der Waals surface area contributed by atoms with Gasteiger partial charge in [0.1, 0.15) is 23.5 Å². The Morgan fingerprint density at radius 3 is 2.74 bits per heavy atom. The predicted molar refractivity (Wildman–Crippen MR) is 64.5 cm³/mol. The van der Waals surface area contributed by atoms with Gasteiger partial charge >= 0.3 is 5.97 Å². The fourth-order valence-corrected chi connectivity index (χ4v) is 1.55. The summed E-state index contributed by atoms with van der Waals surface area (Å²) in [6.45, 7) is 3.31. The quantitative estimate of drug-likeness (QED) is 0.599. The van der Waals surface area contributed by atoms with Crippen LogP contribution < -0.4 is 5.73 Å². The van der Waals surface area contributed by atoms with Crippen molar-refractivity contribution in [3.63, 3.8) is 0 Å². The van der Waals surface area contributed by atoms with Crippen molar-refractivity contribution in [3.05, 3.63) is 36.1 Å². The van der Waals surface area contributed by atoms with Gasteiger partial charge in [-0.2, -0.15) is 0 Å². The molecule has 98 valence electrons. The van der Waals surface area contributed by atoms with Crippen molar-refractivity contribution < 1.29 is 19.4 Å². The minimum Gasteiger partial charge on any atom is -0.506 e. The number of aliphatic hydroxyl groups is 1. The Balaban J connectivity index is 2.83. The van der Waals surface area contributed by atoms with Gasteiger partial charge in [0.05, 0.1) is 7.11 Å². The van der Waals surface area contributed by atoms with Crippen LogP contribution in [0.2, 0.25) is 0 Å². The van der Waals surface area contributed by atoms with Crippen LogP contribution in [0, 0.1) is 0 Å². The van der Waals surface area contributed by atoms with Crippen LogP contribution in [0.5, 0.6) is 0 Å². The number of imidazole rings is 1. The number of carbonyl (C=O) groups is 2. The third-order valence-electron chi connectivity index (χ3n) is 2.43. The predicted octanol–water partition coefficient (Wildman–Crippen LogP) is 0.143. The average Bonchev–Trinajstić information content (AvgIpc) is 2.80. The second-order valence-electron chi connectivity index (χ2n) is 3.62. The molecule has 0 aliphatic heterocycles. The van der Waals surface area contributed by atoms with Gasteiger partial charge in [0.25, 0.3) is 5.91 Å². The number of carbonyl (C=O) groups excluding carboxylic acids is 2. The molecule has 2 aromatic heterocycles. The Bertz CT molecular complexity index is 704. The second-order valence-corrected chi connectivity index (χ2v) is 3.62. The molecule has 0 radical (unpaired) electrons. The molecule has 0 aromatic carbocycles. The van der Waals surface area contributed by atoms with E-state index < -0.39 is 11.9 Å². The van der Waals surface area contributed by atoms with E-state index in [-0.39, 0.29) is 28.5 Å². The number of hydrogen-bond acceptors (Lipinski definition) is 6. The van der Waals surface area contributed by atoms with Crippen molar-refractivity contribution in [1.29, 1.82) is 0 Å². The van der Waals surface area contributed by atoms with Gasteiger partial charge in [-0.25, -0.2) is 14.8 Å². The number of methoxy groups -OCH3 is 1. The van der Waals surface area contributed by atoms with Crippen molar-refractivity contribution in [3.8, 4) is 0 Å². The lowest BCUT2D eigenvalue weighted by Crippen LogP contribution is -2.14. The van der Waals surface area contributed by atoms with Crippen molar-refractivity contribution in [2.75, 3.05) is 7.11 Å². The fourth-order valence-electron chi connectivity index (χ4n) is 1.55. The Labute approximate surface area is 107 Å². The lowest BCUT2D eigenvalue weighted by atomic mass is 10.2. The zero-order valence-corrected chi connectivity index (χ0v) is 9.95. The SMILES string of the molecule is C=C(O)c1cc(C(=O)OC)n2cnc(C(N)=O)c2n1. The molecule has 0 aliphatic carbocycles. The van der Waals surface area contributed by atoms with Gasteiger partial charge in [-0.3, -0.25) is 9.20 Å². The highest BCUT2D eigenvalue weighted by Crippen LogP contribution is 2.16. The van der Waals surface area contributed by atoms with Gasteiger partial charge in [0, 0.05) is 0 Å².